The van der Waals surface area contributed by atoms with Crippen LogP contribution in [-0.2, 0) is 4.79 Å². The molecular formula is C8H12F3NO2. The monoisotopic (exact) mass is 211 g/mol. The van der Waals surface area contributed by atoms with E-state index in [0.29, 0.717) is 0 Å². The third-order valence-corrected chi connectivity index (χ3v) is 2.38. The van der Waals surface area contributed by atoms with Crippen LogP contribution in [0, 0.1) is 5.92 Å². The molecule has 0 aromatic rings. The number of carbonyl (C=O) groups is 1. The van der Waals surface area contributed by atoms with E-state index in [1.54, 1.807) is 0 Å². The topological polar surface area (TPSA) is 49.3 Å². The minimum atomic E-state index is -4.20. The summed E-state index contributed by atoms with van der Waals surface area (Å²) in [4.78, 5) is 10.3. The number of hydrogen-bond acceptors (Lipinski definition) is 2. The van der Waals surface area contributed by atoms with Crippen LogP contribution >= 0.6 is 0 Å². The Balaban J connectivity index is 2.48. The van der Waals surface area contributed by atoms with Gasteiger partial charge in [0, 0.05) is 6.04 Å². The Bertz CT molecular complexity index is 217. The molecule has 3 nitrogen and oxygen atoms in total. The van der Waals surface area contributed by atoms with Crippen LogP contribution in [-0.4, -0.2) is 29.8 Å². The summed E-state index contributed by atoms with van der Waals surface area (Å²) in [6, 6.07) is -0.548. The minimum Gasteiger partial charge on any atom is -0.481 e. The number of rotatable bonds is 2. The lowest BCUT2D eigenvalue weighted by Crippen LogP contribution is -2.43. The minimum absolute atomic E-state index is 0.0413. The molecule has 0 saturated carbocycles. The summed E-state index contributed by atoms with van der Waals surface area (Å²) in [5.41, 5.74) is 0. The molecule has 0 spiro atoms. The highest BCUT2D eigenvalue weighted by molar-refractivity contribution is 5.67. The van der Waals surface area contributed by atoms with Crippen molar-refractivity contribution >= 4 is 5.97 Å². The van der Waals surface area contributed by atoms with Crippen molar-refractivity contribution in [1.82, 2.24) is 5.32 Å². The number of halogens is 3. The maximum atomic E-state index is 12.3. The maximum absolute atomic E-state index is 12.3. The lowest BCUT2D eigenvalue weighted by atomic mass is 9.90. The molecule has 0 radical (unpaired) electrons. The molecule has 0 unspecified atom stereocenters. The molecule has 0 amide bonds. The van der Waals surface area contributed by atoms with Gasteiger partial charge in [-0.15, -0.1) is 0 Å². The molecule has 82 valence electrons. The average molecular weight is 211 g/mol. The van der Waals surface area contributed by atoms with E-state index in [2.05, 4.69) is 5.32 Å². The summed E-state index contributed by atoms with van der Waals surface area (Å²) in [6.45, 7) is 0.238. The van der Waals surface area contributed by atoms with Crippen LogP contribution in [0.15, 0.2) is 0 Å². The van der Waals surface area contributed by atoms with E-state index in [9.17, 15) is 18.0 Å². The Kier molecular flexibility index (Phi) is 3.36. The highest BCUT2D eigenvalue weighted by Crippen LogP contribution is 2.34. The van der Waals surface area contributed by atoms with Crippen LogP contribution in [0.4, 0.5) is 13.2 Å². The number of carboxylic acid groups (broad SMARTS) is 1. The smallest absolute Gasteiger partial charge is 0.391 e. The van der Waals surface area contributed by atoms with Crippen LogP contribution in [0.25, 0.3) is 0 Å². The molecule has 1 aliphatic rings. The number of carboxylic acids is 1. The third kappa shape index (κ3) is 3.17. The first-order valence-electron chi connectivity index (χ1n) is 4.41. The van der Waals surface area contributed by atoms with Gasteiger partial charge in [-0.2, -0.15) is 13.2 Å². The zero-order chi connectivity index (χ0) is 10.8. The Hall–Kier alpha value is -0.780. The number of nitrogens with one attached hydrogen (secondary N) is 1. The van der Waals surface area contributed by atoms with Gasteiger partial charge in [-0.05, 0) is 19.4 Å². The summed E-state index contributed by atoms with van der Waals surface area (Å²) in [5, 5.41) is 11.2. The fourth-order valence-corrected chi connectivity index (χ4v) is 1.67. The largest absolute Gasteiger partial charge is 0.481 e. The van der Waals surface area contributed by atoms with Crippen LogP contribution in [0.5, 0.6) is 0 Å². The predicted octanol–water partition coefficient (Wildman–Crippen LogP) is 1.39. The van der Waals surface area contributed by atoms with E-state index in [1.807, 2.05) is 0 Å². The Morgan fingerprint density at radius 2 is 2.14 bits per heavy atom. The van der Waals surface area contributed by atoms with Crippen molar-refractivity contribution in [3.63, 3.8) is 0 Å². The first-order valence-corrected chi connectivity index (χ1v) is 4.41. The molecule has 1 heterocycles. The van der Waals surface area contributed by atoms with Crippen molar-refractivity contribution in [3.8, 4) is 0 Å². The fourth-order valence-electron chi connectivity index (χ4n) is 1.67. The van der Waals surface area contributed by atoms with Gasteiger partial charge in [0.2, 0.25) is 0 Å². The average Bonchev–Trinajstić information content (AvgIpc) is 2.01. The van der Waals surface area contributed by atoms with Gasteiger partial charge in [0.25, 0.3) is 0 Å². The molecule has 1 aliphatic heterocycles. The summed E-state index contributed by atoms with van der Waals surface area (Å²) < 4.78 is 36.8. The van der Waals surface area contributed by atoms with Gasteiger partial charge < -0.3 is 10.4 Å². The molecule has 0 bridgehead atoms. The molecule has 1 saturated heterocycles. The third-order valence-electron chi connectivity index (χ3n) is 2.38. The van der Waals surface area contributed by atoms with E-state index >= 15 is 0 Å². The van der Waals surface area contributed by atoms with Gasteiger partial charge >= 0.3 is 12.1 Å². The molecule has 6 heteroatoms. The van der Waals surface area contributed by atoms with Crippen molar-refractivity contribution in [2.45, 2.75) is 31.5 Å². The quantitative estimate of drug-likeness (QED) is 0.725. The Labute approximate surface area is 79.3 Å². The van der Waals surface area contributed by atoms with E-state index in [4.69, 9.17) is 5.11 Å². The van der Waals surface area contributed by atoms with Gasteiger partial charge in [0.15, 0.2) is 0 Å². The van der Waals surface area contributed by atoms with Gasteiger partial charge in [-0.3, -0.25) is 4.79 Å². The number of piperidine rings is 1. The van der Waals surface area contributed by atoms with Crippen molar-refractivity contribution < 1.29 is 23.1 Å². The summed E-state index contributed by atoms with van der Waals surface area (Å²) in [6.07, 6.45) is -4.53. The standard InChI is InChI=1S/C8H12F3NO2/c9-8(10,11)5-1-2-12-6(3-5)4-7(13)14/h5-6,12H,1-4H2,(H,13,14)/t5-,6+/m1/s1. The van der Waals surface area contributed by atoms with Crippen molar-refractivity contribution in [2.75, 3.05) is 6.54 Å². The van der Waals surface area contributed by atoms with E-state index in [0.717, 1.165) is 0 Å². The zero-order valence-electron chi connectivity index (χ0n) is 7.47. The van der Waals surface area contributed by atoms with Gasteiger partial charge in [0.05, 0.1) is 12.3 Å². The Morgan fingerprint density at radius 3 is 2.64 bits per heavy atom. The van der Waals surface area contributed by atoms with Crippen LogP contribution in [0.3, 0.4) is 0 Å². The van der Waals surface area contributed by atoms with Crippen molar-refractivity contribution in [2.24, 2.45) is 5.92 Å². The molecule has 0 aromatic carbocycles. The number of hydrogen-bond donors (Lipinski definition) is 2. The normalized spacial score (nSPS) is 28.8. The summed E-state index contributed by atoms with van der Waals surface area (Å²) >= 11 is 0. The van der Waals surface area contributed by atoms with Crippen molar-refractivity contribution in [3.05, 3.63) is 0 Å². The van der Waals surface area contributed by atoms with Gasteiger partial charge in [0.1, 0.15) is 0 Å². The summed E-state index contributed by atoms with van der Waals surface area (Å²) in [5.74, 6) is -2.42. The maximum Gasteiger partial charge on any atom is 0.391 e. The zero-order valence-corrected chi connectivity index (χ0v) is 7.47. The van der Waals surface area contributed by atoms with E-state index < -0.39 is 24.1 Å². The molecule has 2 N–H and O–H groups in total. The fraction of sp³-hybridized carbons (Fsp3) is 0.875. The van der Waals surface area contributed by atoms with Gasteiger partial charge in [-0.1, -0.05) is 0 Å². The lowest BCUT2D eigenvalue weighted by Gasteiger charge is -2.30. The van der Waals surface area contributed by atoms with Crippen LogP contribution in [0.2, 0.25) is 0 Å². The van der Waals surface area contributed by atoms with Crippen molar-refractivity contribution in [1.29, 1.82) is 0 Å². The Morgan fingerprint density at radius 1 is 1.50 bits per heavy atom. The molecule has 2 atom stereocenters. The highest BCUT2D eigenvalue weighted by atomic mass is 19.4. The molecule has 1 fully saturated rings. The second kappa shape index (κ2) is 4.16. The number of alkyl halides is 3. The first kappa shape index (κ1) is 11.3. The molecule has 1 rings (SSSR count). The van der Waals surface area contributed by atoms with E-state index in [-0.39, 0.29) is 25.8 Å². The predicted molar refractivity (Wildman–Crippen MR) is 42.8 cm³/mol. The van der Waals surface area contributed by atoms with Crippen LogP contribution in [0.1, 0.15) is 19.3 Å². The van der Waals surface area contributed by atoms with Gasteiger partial charge in [-0.25, -0.2) is 0 Å². The molecule has 0 aromatic heterocycles. The summed E-state index contributed by atoms with van der Waals surface area (Å²) in [7, 11) is 0. The molecule has 14 heavy (non-hydrogen) atoms. The number of aliphatic carboxylic acids is 1. The lowest BCUT2D eigenvalue weighted by molar-refractivity contribution is -0.183. The molecular weight excluding hydrogens is 199 g/mol. The van der Waals surface area contributed by atoms with E-state index in [1.165, 1.54) is 0 Å². The highest BCUT2D eigenvalue weighted by Gasteiger charge is 2.42. The first-order chi connectivity index (χ1) is 6.39. The molecule has 0 aliphatic carbocycles. The van der Waals surface area contributed by atoms with Crippen LogP contribution < -0.4 is 5.32 Å². The second-order valence-corrected chi connectivity index (χ2v) is 3.51. The second-order valence-electron chi connectivity index (χ2n) is 3.51. The SMILES string of the molecule is O=C(O)C[C@@H]1C[C@H](C(F)(F)F)CCN1.